The van der Waals surface area contributed by atoms with Crippen LogP contribution in [0, 0.1) is 0 Å². The number of benzene rings is 3. The Kier molecular flexibility index (Phi) is 10.1. The number of aryl methyl sites for hydroxylation is 1. The number of rotatable bonds is 12. The molecule has 0 aliphatic carbocycles. The summed E-state index contributed by atoms with van der Waals surface area (Å²) in [6.07, 6.45) is 1.34. The summed E-state index contributed by atoms with van der Waals surface area (Å²) >= 11 is 0. The predicted octanol–water partition coefficient (Wildman–Crippen LogP) is 4.78. The first-order chi connectivity index (χ1) is 18.2. The summed E-state index contributed by atoms with van der Waals surface area (Å²) in [7, 11) is -4.07. The van der Waals surface area contributed by atoms with Gasteiger partial charge in [-0.05, 0) is 56.0 Å². The van der Waals surface area contributed by atoms with Gasteiger partial charge in [-0.3, -0.25) is 13.9 Å². The highest BCUT2D eigenvalue weighted by Crippen LogP contribution is 2.28. The first-order valence-corrected chi connectivity index (χ1v) is 14.4. The molecular formula is C30H37N3O4S. The summed E-state index contributed by atoms with van der Waals surface area (Å²) in [5.74, 6) is -0.749. The normalized spacial score (nSPS) is 12.8. The van der Waals surface area contributed by atoms with Gasteiger partial charge in [0.25, 0.3) is 10.0 Å². The Hall–Kier alpha value is -3.65. The van der Waals surface area contributed by atoms with E-state index in [4.69, 9.17) is 0 Å². The Morgan fingerprint density at radius 2 is 1.42 bits per heavy atom. The van der Waals surface area contributed by atoms with Crippen molar-refractivity contribution in [1.82, 2.24) is 10.2 Å². The summed E-state index contributed by atoms with van der Waals surface area (Å²) in [6.45, 7) is 7.22. The fraction of sp³-hybridized carbons (Fsp3) is 0.333. The molecule has 0 radical (unpaired) electrons. The molecule has 2 amide bonds. The van der Waals surface area contributed by atoms with Crippen LogP contribution < -0.4 is 9.62 Å². The van der Waals surface area contributed by atoms with Crippen molar-refractivity contribution < 1.29 is 18.0 Å². The molecule has 0 aliphatic heterocycles. The van der Waals surface area contributed by atoms with E-state index >= 15 is 0 Å². The minimum Gasteiger partial charge on any atom is -0.352 e. The molecule has 8 heteroatoms. The quantitative estimate of drug-likeness (QED) is 0.362. The average Bonchev–Trinajstić information content (AvgIpc) is 2.94. The molecule has 7 nitrogen and oxygen atoms in total. The first-order valence-electron chi connectivity index (χ1n) is 13.0. The first kappa shape index (κ1) is 28.9. The van der Waals surface area contributed by atoms with Crippen LogP contribution in [-0.4, -0.2) is 43.8 Å². The second-order valence-electron chi connectivity index (χ2n) is 9.31. The van der Waals surface area contributed by atoms with Crippen molar-refractivity contribution in [1.29, 1.82) is 0 Å². The van der Waals surface area contributed by atoms with Gasteiger partial charge < -0.3 is 10.2 Å². The highest BCUT2D eigenvalue weighted by molar-refractivity contribution is 7.92. The van der Waals surface area contributed by atoms with Gasteiger partial charge in [-0.15, -0.1) is 0 Å². The molecule has 3 aromatic rings. The molecule has 1 N–H and O–H groups in total. The van der Waals surface area contributed by atoms with E-state index in [9.17, 15) is 18.0 Å². The van der Waals surface area contributed by atoms with Crippen LogP contribution in [0.1, 0.15) is 45.2 Å². The highest BCUT2D eigenvalue weighted by Gasteiger charge is 2.33. The topological polar surface area (TPSA) is 86.8 Å². The lowest BCUT2D eigenvalue weighted by atomic mass is 10.1. The molecule has 0 aliphatic rings. The lowest BCUT2D eigenvalue weighted by Gasteiger charge is -2.33. The zero-order valence-corrected chi connectivity index (χ0v) is 23.3. The van der Waals surface area contributed by atoms with E-state index in [1.807, 2.05) is 63.2 Å². The van der Waals surface area contributed by atoms with Crippen LogP contribution in [0.2, 0.25) is 0 Å². The third-order valence-electron chi connectivity index (χ3n) is 6.62. The number of amides is 2. The van der Waals surface area contributed by atoms with E-state index in [2.05, 4.69) is 5.32 Å². The van der Waals surface area contributed by atoms with E-state index in [1.165, 1.54) is 21.3 Å². The van der Waals surface area contributed by atoms with E-state index in [1.54, 1.807) is 37.3 Å². The van der Waals surface area contributed by atoms with Gasteiger partial charge in [0, 0.05) is 12.6 Å². The van der Waals surface area contributed by atoms with Crippen molar-refractivity contribution in [2.24, 2.45) is 0 Å². The minimum atomic E-state index is -4.07. The van der Waals surface area contributed by atoms with Gasteiger partial charge in [-0.25, -0.2) is 8.42 Å². The van der Waals surface area contributed by atoms with Crippen LogP contribution in [0.5, 0.6) is 0 Å². The molecule has 38 heavy (non-hydrogen) atoms. The zero-order valence-electron chi connectivity index (χ0n) is 22.5. The predicted molar refractivity (Wildman–Crippen MR) is 151 cm³/mol. The number of sulfonamides is 1. The molecule has 0 aromatic heterocycles. The van der Waals surface area contributed by atoms with Crippen LogP contribution in [-0.2, 0) is 32.6 Å². The molecule has 0 saturated heterocycles. The van der Waals surface area contributed by atoms with E-state index in [0.717, 1.165) is 17.5 Å². The second kappa shape index (κ2) is 13.2. The molecule has 0 spiro atoms. The van der Waals surface area contributed by atoms with Crippen molar-refractivity contribution in [3.63, 3.8) is 0 Å². The Labute approximate surface area is 226 Å². The number of nitrogens with one attached hydrogen (secondary N) is 1. The van der Waals surface area contributed by atoms with Crippen LogP contribution in [0.25, 0.3) is 0 Å². The van der Waals surface area contributed by atoms with Crippen LogP contribution >= 0.6 is 0 Å². The van der Waals surface area contributed by atoms with Gasteiger partial charge in [-0.2, -0.15) is 0 Å². The molecule has 0 unspecified atom stereocenters. The Bertz CT molecular complexity index is 1310. The SMILES string of the molecule is CCc1ccccc1N(CC(=O)N(Cc1ccccc1)[C@@H](C)C(=O)N[C@H](C)CC)S(=O)(=O)c1ccccc1. The molecular weight excluding hydrogens is 498 g/mol. The third kappa shape index (κ3) is 7.01. The van der Waals surface area contributed by atoms with E-state index < -0.39 is 28.5 Å². The maximum Gasteiger partial charge on any atom is 0.264 e. The second-order valence-corrected chi connectivity index (χ2v) is 11.2. The highest BCUT2D eigenvalue weighted by atomic mass is 32.2. The van der Waals surface area contributed by atoms with Crippen LogP contribution in [0.15, 0.2) is 89.8 Å². The van der Waals surface area contributed by atoms with Gasteiger partial charge in [0.05, 0.1) is 10.6 Å². The number of hydrogen-bond acceptors (Lipinski definition) is 4. The van der Waals surface area contributed by atoms with Gasteiger partial charge in [0.2, 0.25) is 11.8 Å². The lowest BCUT2D eigenvalue weighted by Crippen LogP contribution is -2.52. The standard InChI is InChI=1S/C30H37N3O4S/c1-5-23(3)31-30(35)24(4)32(21-25-15-9-7-10-16-25)29(34)22-33(28-20-14-13-17-26(28)6-2)38(36,37)27-18-11-8-12-19-27/h7-20,23-24H,5-6,21-22H2,1-4H3,(H,31,35)/t23-,24+/m1/s1. The van der Waals surface area contributed by atoms with Gasteiger partial charge in [-0.1, -0.05) is 80.6 Å². The summed E-state index contributed by atoms with van der Waals surface area (Å²) in [4.78, 5) is 28.6. The maximum absolute atomic E-state index is 13.9. The van der Waals surface area contributed by atoms with Crippen LogP contribution in [0.3, 0.4) is 0 Å². The summed E-state index contributed by atoms with van der Waals surface area (Å²) < 4.78 is 28.9. The molecule has 0 bridgehead atoms. The molecule has 0 fully saturated rings. The minimum absolute atomic E-state index is 0.0509. The molecule has 3 aromatic carbocycles. The molecule has 3 rings (SSSR count). The van der Waals surface area contributed by atoms with Crippen molar-refractivity contribution in [3.8, 4) is 0 Å². The average molecular weight is 536 g/mol. The number of hydrogen-bond donors (Lipinski definition) is 1. The number of para-hydroxylation sites is 1. The molecule has 0 saturated carbocycles. The van der Waals surface area contributed by atoms with Crippen molar-refractivity contribution in [2.75, 3.05) is 10.8 Å². The summed E-state index contributed by atoms with van der Waals surface area (Å²) in [5.41, 5.74) is 2.09. The fourth-order valence-corrected chi connectivity index (χ4v) is 5.59. The van der Waals surface area contributed by atoms with Gasteiger partial charge >= 0.3 is 0 Å². The summed E-state index contributed by atoms with van der Waals surface area (Å²) in [6, 6.07) is 23.8. The Morgan fingerprint density at radius 3 is 2.03 bits per heavy atom. The Morgan fingerprint density at radius 1 is 0.842 bits per heavy atom. The molecule has 2 atom stereocenters. The zero-order chi connectivity index (χ0) is 27.7. The van der Waals surface area contributed by atoms with Crippen molar-refractivity contribution >= 4 is 27.5 Å². The number of carbonyl (C=O) groups excluding carboxylic acids is 2. The maximum atomic E-state index is 13.9. The van der Waals surface area contributed by atoms with Gasteiger partial charge in [0.1, 0.15) is 12.6 Å². The number of nitrogens with zero attached hydrogens (tertiary/aromatic N) is 2. The number of anilines is 1. The third-order valence-corrected chi connectivity index (χ3v) is 8.39. The van der Waals surface area contributed by atoms with Gasteiger partial charge in [0.15, 0.2) is 0 Å². The Balaban J connectivity index is 2.03. The molecule has 202 valence electrons. The smallest absolute Gasteiger partial charge is 0.264 e. The van der Waals surface area contributed by atoms with E-state index in [-0.39, 0.29) is 23.4 Å². The molecule has 0 heterocycles. The monoisotopic (exact) mass is 535 g/mol. The lowest BCUT2D eigenvalue weighted by molar-refractivity contribution is -0.139. The fourth-order valence-electron chi connectivity index (χ4n) is 4.11. The largest absolute Gasteiger partial charge is 0.352 e. The number of carbonyl (C=O) groups is 2. The van der Waals surface area contributed by atoms with Crippen molar-refractivity contribution in [3.05, 3.63) is 96.1 Å². The van der Waals surface area contributed by atoms with Crippen LogP contribution in [0.4, 0.5) is 5.69 Å². The van der Waals surface area contributed by atoms with Crippen molar-refractivity contribution in [2.45, 2.75) is 64.1 Å². The van der Waals surface area contributed by atoms with E-state index in [0.29, 0.717) is 12.1 Å². The summed E-state index contributed by atoms with van der Waals surface area (Å²) in [5, 5.41) is 2.95.